The lowest BCUT2D eigenvalue weighted by Crippen LogP contribution is -2.23. The highest BCUT2D eigenvalue weighted by Crippen LogP contribution is 2.20. The van der Waals surface area contributed by atoms with Crippen LogP contribution in [0.3, 0.4) is 0 Å². The summed E-state index contributed by atoms with van der Waals surface area (Å²) in [5.74, 6) is 0.578. The van der Waals surface area contributed by atoms with Gasteiger partial charge in [-0.2, -0.15) is 0 Å². The van der Waals surface area contributed by atoms with E-state index in [-0.39, 0.29) is 13.2 Å². The molecule has 80 valence electrons. The maximum atomic E-state index is 9.17. The lowest BCUT2D eigenvalue weighted by atomic mass is 10.4. The summed E-state index contributed by atoms with van der Waals surface area (Å²) >= 11 is 1.43. The van der Waals surface area contributed by atoms with E-state index in [1.54, 1.807) is 5.51 Å². The van der Waals surface area contributed by atoms with Gasteiger partial charge in [0.2, 0.25) is 0 Å². The highest BCUT2D eigenvalue weighted by molar-refractivity contribution is 7.16. The Morgan fingerprint density at radius 3 is 3.07 bits per heavy atom. The minimum atomic E-state index is -0.798. The number of aromatic nitrogens is 3. The maximum absolute atomic E-state index is 9.17. The third-order valence-corrected chi connectivity index (χ3v) is 2.58. The first-order chi connectivity index (χ1) is 7.31. The van der Waals surface area contributed by atoms with Gasteiger partial charge >= 0.3 is 0 Å². The predicted octanol–water partition coefficient (Wildman–Crippen LogP) is -0.149. The van der Waals surface area contributed by atoms with Gasteiger partial charge in [-0.15, -0.1) is 11.3 Å². The molecule has 3 N–H and O–H groups in total. The minimum absolute atomic E-state index is 0.236. The molecule has 0 amide bonds. The van der Waals surface area contributed by atoms with Gasteiger partial charge in [-0.1, -0.05) is 0 Å². The molecule has 0 aromatic carbocycles. The SMILES string of the molecule is OC[C@H](O)CNc1ncnc2scnc12. The van der Waals surface area contributed by atoms with Crippen molar-refractivity contribution in [3.05, 3.63) is 11.8 Å². The molecule has 2 rings (SSSR count). The van der Waals surface area contributed by atoms with Crippen LogP contribution >= 0.6 is 11.3 Å². The van der Waals surface area contributed by atoms with Crippen LogP contribution in [-0.4, -0.2) is 44.4 Å². The molecule has 0 unspecified atom stereocenters. The summed E-state index contributed by atoms with van der Waals surface area (Å²) in [7, 11) is 0. The van der Waals surface area contributed by atoms with Gasteiger partial charge in [0.15, 0.2) is 5.82 Å². The Hall–Kier alpha value is -1.31. The van der Waals surface area contributed by atoms with E-state index in [2.05, 4.69) is 20.3 Å². The summed E-state index contributed by atoms with van der Waals surface area (Å²) in [6.45, 7) is -0.0432. The van der Waals surface area contributed by atoms with Crippen molar-refractivity contribution in [2.45, 2.75) is 6.10 Å². The zero-order valence-corrected chi connectivity index (χ0v) is 8.61. The molecule has 0 saturated carbocycles. The van der Waals surface area contributed by atoms with E-state index in [1.165, 1.54) is 17.7 Å². The second-order valence-corrected chi connectivity index (χ2v) is 3.78. The normalized spacial score (nSPS) is 12.9. The van der Waals surface area contributed by atoms with Crippen LogP contribution in [0.25, 0.3) is 10.3 Å². The molecule has 0 spiro atoms. The Morgan fingerprint density at radius 2 is 2.27 bits per heavy atom. The molecule has 2 aromatic heterocycles. The molecule has 0 aliphatic heterocycles. The van der Waals surface area contributed by atoms with Crippen LogP contribution in [0.2, 0.25) is 0 Å². The summed E-state index contributed by atoms with van der Waals surface area (Å²) in [5, 5.41) is 20.7. The third kappa shape index (κ3) is 2.20. The molecule has 0 fully saturated rings. The van der Waals surface area contributed by atoms with Crippen LogP contribution in [-0.2, 0) is 0 Å². The van der Waals surface area contributed by atoms with Crippen LogP contribution in [0.4, 0.5) is 5.82 Å². The number of nitrogens with one attached hydrogen (secondary N) is 1. The van der Waals surface area contributed by atoms with Gasteiger partial charge in [-0.05, 0) is 0 Å². The maximum Gasteiger partial charge on any atom is 0.157 e. The van der Waals surface area contributed by atoms with E-state index in [9.17, 15) is 0 Å². The van der Waals surface area contributed by atoms with Gasteiger partial charge in [0.05, 0.1) is 18.2 Å². The van der Waals surface area contributed by atoms with Gasteiger partial charge < -0.3 is 15.5 Å². The monoisotopic (exact) mass is 226 g/mol. The molecule has 0 bridgehead atoms. The number of anilines is 1. The first-order valence-corrected chi connectivity index (χ1v) is 5.26. The fourth-order valence-corrected chi connectivity index (χ4v) is 1.73. The lowest BCUT2D eigenvalue weighted by molar-refractivity contribution is 0.105. The van der Waals surface area contributed by atoms with E-state index in [1.807, 2.05) is 0 Å². The highest BCUT2D eigenvalue weighted by atomic mass is 32.1. The Balaban J connectivity index is 2.17. The molecule has 6 nitrogen and oxygen atoms in total. The zero-order valence-electron chi connectivity index (χ0n) is 7.79. The Morgan fingerprint density at radius 1 is 1.40 bits per heavy atom. The fraction of sp³-hybridized carbons (Fsp3) is 0.375. The summed E-state index contributed by atoms with van der Waals surface area (Å²) in [6, 6.07) is 0. The van der Waals surface area contributed by atoms with Crippen molar-refractivity contribution in [3.63, 3.8) is 0 Å². The van der Waals surface area contributed by atoms with Crippen molar-refractivity contribution < 1.29 is 10.2 Å². The van der Waals surface area contributed by atoms with Crippen LogP contribution in [0.15, 0.2) is 11.8 Å². The topological polar surface area (TPSA) is 91.2 Å². The molecule has 1 atom stereocenters. The molecular formula is C8H10N4O2S. The number of nitrogens with zero attached hydrogens (tertiary/aromatic N) is 3. The third-order valence-electron chi connectivity index (χ3n) is 1.85. The summed E-state index contributed by atoms with van der Waals surface area (Å²) in [6.07, 6.45) is 0.641. The first-order valence-electron chi connectivity index (χ1n) is 4.38. The van der Waals surface area contributed by atoms with E-state index in [0.717, 1.165) is 4.83 Å². The zero-order chi connectivity index (χ0) is 10.7. The lowest BCUT2D eigenvalue weighted by Gasteiger charge is -2.08. The van der Waals surface area contributed by atoms with Crippen molar-refractivity contribution in [1.29, 1.82) is 0 Å². The van der Waals surface area contributed by atoms with Crippen molar-refractivity contribution >= 4 is 27.5 Å². The molecule has 7 heteroatoms. The van der Waals surface area contributed by atoms with Crippen molar-refractivity contribution in [2.75, 3.05) is 18.5 Å². The number of aliphatic hydroxyl groups is 2. The molecule has 15 heavy (non-hydrogen) atoms. The minimum Gasteiger partial charge on any atom is -0.394 e. The number of aliphatic hydroxyl groups excluding tert-OH is 2. The second kappa shape index (κ2) is 4.47. The van der Waals surface area contributed by atoms with Gasteiger partial charge in [-0.25, -0.2) is 15.0 Å². The Kier molecular flexibility index (Phi) is 3.05. The molecule has 2 heterocycles. The average Bonchev–Trinajstić information content (AvgIpc) is 2.74. The van der Waals surface area contributed by atoms with E-state index in [0.29, 0.717) is 11.3 Å². The second-order valence-electron chi connectivity index (χ2n) is 2.95. The van der Waals surface area contributed by atoms with Crippen LogP contribution in [0.5, 0.6) is 0 Å². The smallest absolute Gasteiger partial charge is 0.157 e. The van der Waals surface area contributed by atoms with Gasteiger partial charge in [0.25, 0.3) is 0 Å². The van der Waals surface area contributed by atoms with E-state index < -0.39 is 6.10 Å². The molecule has 0 saturated heterocycles. The molecular weight excluding hydrogens is 216 g/mol. The first kappa shape index (κ1) is 10.2. The molecule has 0 aliphatic carbocycles. The van der Waals surface area contributed by atoms with Crippen LogP contribution in [0.1, 0.15) is 0 Å². The number of hydrogen-bond acceptors (Lipinski definition) is 7. The number of rotatable bonds is 4. The fourth-order valence-electron chi connectivity index (χ4n) is 1.10. The van der Waals surface area contributed by atoms with Crippen molar-refractivity contribution in [1.82, 2.24) is 15.0 Å². The molecule has 0 radical (unpaired) electrons. The largest absolute Gasteiger partial charge is 0.394 e. The quantitative estimate of drug-likeness (QED) is 0.671. The van der Waals surface area contributed by atoms with Crippen LogP contribution in [0, 0.1) is 0 Å². The van der Waals surface area contributed by atoms with Crippen molar-refractivity contribution in [3.8, 4) is 0 Å². The number of hydrogen-bond donors (Lipinski definition) is 3. The standard InChI is InChI=1S/C8H10N4O2S/c13-2-5(14)1-9-7-6-8(11-3-10-7)15-4-12-6/h3-5,13-14H,1-2H2,(H,9,10,11)/t5-/m1/s1. The van der Waals surface area contributed by atoms with E-state index in [4.69, 9.17) is 10.2 Å². The predicted molar refractivity (Wildman–Crippen MR) is 56.8 cm³/mol. The Bertz CT molecular complexity index is 447. The number of thiazole rings is 1. The summed E-state index contributed by atoms with van der Waals surface area (Å²) < 4.78 is 0. The molecule has 2 aromatic rings. The average molecular weight is 226 g/mol. The van der Waals surface area contributed by atoms with E-state index >= 15 is 0 Å². The van der Waals surface area contributed by atoms with Gasteiger partial charge in [0.1, 0.15) is 16.7 Å². The van der Waals surface area contributed by atoms with Gasteiger partial charge in [-0.3, -0.25) is 0 Å². The van der Waals surface area contributed by atoms with Crippen LogP contribution < -0.4 is 5.32 Å². The van der Waals surface area contributed by atoms with Crippen molar-refractivity contribution in [2.24, 2.45) is 0 Å². The molecule has 0 aliphatic rings. The summed E-state index contributed by atoms with van der Waals surface area (Å²) in [5.41, 5.74) is 2.38. The summed E-state index contributed by atoms with van der Waals surface area (Å²) in [4.78, 5) is 13.0. The highest BCUT2D eigenvalue weighted by Gasteiger charge is 2.07. The van der Waals surface area contributed by atoms with Gasteiger partial charge in [0, 0.05) is 6.54 Å². The number of fused-ring (bicyclic) bond motifs is 1. The Labute approximate surface area is 89.6 Å².